The maximum Gasteiger partial charge on any atom is 0.257 e. The molecule has 0 N–H and O–H groups in total. The third-order valence-electron chi connectivity index (χ3n) is 2.93. The van der Waals surface area contributed by atoms with Crippen molar-refractivity contribution in [2.45, 2.75) is 23.3 Å². The summed E-state index contributed by atoms with van der Waals surface area (Å²) in [7, 11) is 0. The van der Waals surface area contributed by atoms with Crippen LogP contribution in [0.2, 0.25) is 0 Å². The van der Waals surface area contributed by atoms with E-state index >= 15 is 0 Å². The summed E-state index contributed by atoms with van der Waals surface area (Å²) in [6.45, 7) is 2.33. The van der Waals surface area contributed by atoms with Crippen LogP contribution in [0.3, 0.4) is 0 Å². The minimum absolute atomic E-state index is 0.647. The summed E-state index contributed by atoms with van der Waals surface area (Å²) >= 11 is 4.18. The Labute approximate surface area is 118 Å². The summed E-state index contributed by atoms with van der Waals surface area (Å²) in [5.74, 6) is 0. The second-order valence-corrected chi connectivity index (χ2v) is 6.79. The van der Waals surface area contributed by atoms with Gasteiger partial charge in [0.05, 0.1) is 0 Å². The Morgan fingerprint density at radius 2 is 2.06 bits per heavy atom. The first kappa shape index (κ1) is 11.8. The fraction of sp³-hybridized carbons (Fsp3) is 0.417. The lowest BCUT2D eigenvalue weighted by Crippen LogP contribution is -2.27. The van der Waals surface area contributed by atoms with Crippen molar-refractivity contribution in [3.8, 4) is 0 Å². The predicted molar refractivity (Wildman–Crippen MR) is 78.5 cm³/mol. The second-order valence-electron chi connectivity index (χ2n) is 4.17. The number of aromatic nitrogens is 1. The van der Waals surface area contributed by atoms with Crippen LogP contribution in [0.25, 0.3) is 11.1 Å². The number of oxazole rings is 1. The van der Waals surface area contributed by atoms with Crippen LogP contribution in [-0.4, -0.2) is 26.4 Å². The van der Waals surface area contributed by atoms with E-state index in [-0.39, 0.29) is 0 Å². The first-order valence-electron chi connectivity index (χ1n) is 5.74. The molecule has 0 atom stereocenters. The van der Waals surface area contributed by atoms with Crippen LogP contribution in [0.15, 0.2) is 33.9 Å². The van der Waals surface area contributed by atoms with Gasteiger partial charge < -0.3 is 4.42 Å². The summed E-state index contributed by atoms with van der Waals surface area (Å²) in [4.78, 5) is 4.51. The van der Waals surface area contributed by atoms with Crippen molar-refractivity contribution in [3.05, 3.63) is 24.3 Å². The van der Waals surface area contributed by atoms with Crippen LogP contribution in [0.5, 0.6) is 0 Å². The predicted octanol–water partition coefficient (Wildman–Crippen LogP) is 3.73. The van der Waals surface area contributed by atoms with E-state index in [4.69, 9.17) is 4.42 Å². The number of fused-ring (bicyclic) bond motifs is 1. The van der Waals surface area contributed by atoms with E-state index < -0.39 is 0 Å². The Morgan fingerprint density at radius 1 is 1.29 bits per heavy atom. The molecule has 3 nitrogen and oxygen atoms in total. The molecule has 0 saturated carbocycles. The van der Waals surface area contributed by atoms with Gasteiger partial charge in [-0.15, -0.1) is 0 Å². The molecule has 0 radical (unpaired) electrons. The van der Waals surface area contributed by atoms with Gasteiger partial charge in [-0.25, -0.2) is 8.10 Å². The number of thioether (sulfide) groups is 1. The van der Waals surface area contributed by atoms with Crippen LogP contribution in [-0.2, 0) is 0 Å². The molecule has 1 aromatic carbocycles. The van der Waals surface area contributed by atoms with Gasteiger partial charge in [-0.1, -0.05) is 23.9 Å². The van der Waals surface area contributed by atoms with Gasteiger partial charge in [0, 0.05) is 41.2 Å². The van der Waals surface area contributed by atoms with Gasteiger partial charge >= 0.3 is 0 Å². The maximum absolute atomic E-state index is 5.73. The smallest absolute Gasteiger partial charge is 0.257 e. The number of hydrogen-bond donors (Lipinski definition) is 0. The van der Waals surface area contributed by atoms with Crippen LogP contribution >= 0.6 is 34.6 Å². The van der Waals surface area contributed by atoms with Gasteiger partial charge in [-0.3, -0.25) is 0 Å². The number of rotatable bonds is 2. The van der Waals surface area contributed by atoms with E-state index in [2.05, 4.69) is 31.0 Å². The molecule has 1 fully saturated rings. The van der Waals surface area contributed by atoms with Crippen molar-refractivity contribution in [1.29, 1.82) is 0 Å². The normalized spacial score (nSPS) is 18.9. The topological polar surface area (TPSA) is 29.3 Å². The molecule has 5 heteroatoms. The van der Waals surface area contributed by atoms with E-state index in [1.807, 2.05) is 24.3 Å². The van der Waals surface area contributed by atoms with Gasteiger partial charge in [0.15, 0.2) is 5.58 Å². The molecule has 2 aromatic rings. The molecule has 3 rings (SSSR count). The first-order valence-corrected chi connectivity index (χ1v) is 7.59. The van der Waals surface area contributed by atoms with Crippen molar-refractivity contribution in [2.75, 3.05) is 13.1 Å². The molecule has 1 aromatic heterocycles. The minimum Gasteiger partial charge on any atom is -0.431 e. The zero-order valence-corrected chi connectivity index (χ0v) is 12.3. The maximum atomic E-state index is 5.73. The second kappa shape index (κ2) is 5.16. The van der Waals surface area contributed by atoms with Crippen molar-refractivity contribution in [2.24, 2.45) is 0 Å². The highest BCUT2D eigenvalue weighted by Gasteiger charge is 2.20. The SMILES string of the molecule is IN1CCC(Sc2nc3ccccc3o2)CC1. The van der Waals surface area contributed by atoms with Gasteiger partial charge in [-0.2, -0.15) is 0 Å². The fourth-order valence-electron chi connectivity index (χ4n) is 1.99. The zero-order valence-electron chi connectivity index (χ0n) is 9.30. The monoisotopic (exact) mass is 360 g/mol. The quantitative estimate of drug-likeness (QED) is 0.603. The summed E-state index contributed by atoms with van der Waals surface area (Å²) < 4.78 is 8.08. The largest absolute Gasteiger partial charge is 0.431 e. The van der Waals surface area contributed by atoms with Gasteiger partial charge in [0.1, 0.15) is 5.52 Å². The molecule has 2 heterocycles. The molecule has 0 spiro atoms. The molecule has 1 aliphatic rings. The third kappa shape index (κ3) is 2.77. The molecule has 17 heavy (non-hydrogen) atoms. The Hall–Kier alpha value is -0.270. The van der Waals surface area contributed by atoms with Gasteiger partial charge in [0.25, 0.3) is 5.22 Å². The number of para-hydroxylation sites is 2. The molecule has 0 bridgehead atoms. The zero-order chi connectivity index (χ0) is 11.7. The van der Waals surface area contributed by atoms with Crippen molar-refractivity contribution in [1.82, 2.24) is 8.10 Å². The van der Waals surface area contributed by atoms with E-state index in [1.165, 1.54) is 25.9 Å². The highest BCUT2D eigenvalue weighted by molar-refractivity contribution is 14.1. The molecule has 0 aliphatic carbocycles. The highest BCUT2D eigenvalue weighted by atomic mass is 127. The van der Waals surface area contributed by atoms with Crippen LogP contribution in [0.4, 0.5) is 0 Å². The standard InChI is InChI=1S/C12H13IN2OS/c13-15-7-5-9(6-8-15)17-12-14-10-3-1-2-4-11(10)16-12/h1-4,9H,5-8H2. The van der Waals surface area contributed by atoms with E-state index in [0.717, 1.165) is 16.3 Å². The average molecular weight is 360 g/mol. The lowest BCUT2D eigenvalue weighted by Gasteiger charge is -2.25. The molecule has 1 aliphatic heterocycles. The van der Waals surface area contributed by atoms with Gasteiger partial charge in [-0.05, 0) is 25.0 Å². The lowest BCUT2D eigenvalue weighted by atomic mass is 10.2. The van der Waals surface area contributed by atoms with Crippen molar-refractivity contribution >= 4 is 45.7 Å². The molecular weight excluding hydrogens is 347 g/mol. The lowest BCUT2D eigenvalue weighted by molar-refractivity contribution is 0.412. The Morgan fingerprint density at radius 3 is 2.82 bits per heavy atom. The number of hydrogen-bond acceptors (Lipinski definition) is 4. The summed E-state index contributed by atoms with van der Waals surface area (Å²) in [5.41, 5.74) is 1.85. The molecule has 1 saturated heterocycles. The van der Waals surface area contributed by atoms with Gasteiger partial charge in [0.2, 0.25) is 0 Å². The molecule has 0 amide bonds. The highest BCUT2D eigenvalue weighted by Crippen LogP contribution is 2.32. The van der Waals surface area contributed by atoms with E-state index in [9.17, 15) is 0 Å². The Bertz CT molecular complexity index is 475. The molecule has 0 unspecified atom stereocenters. The number of piperidine rings is 1. The Kier molecular flexibility index (Phi) is 3.58. The average Bonchev–Trinajstić information content (AvgIpc) is 2.74. The summed E-state index contributed by atoms with van der Waals surface area (Å²) in [6, 6.07) is 7.95. The number of benzene rings is 1. The van der Waals surface area contributed by atoms with E-state index in [1.54, 1.807) is 11.8 Å². The summed E-state index contributed by atoms with van der Waals surface area (Å²) in [5, 5.41) is 1.46. The minimum atomic E-state index is 0.647. The summed E-state index contributed by atoms with van der Waals surface area (Å²) in [6.07, 6.45) is 2.43. The molecular formula is C12H13IN2OS. The van der Waals surface area contributed by atoms with Crippen molar-refractivity contribution < 1.29 is 4.42 Å². The van der Waals surface area contributed by atoms with E-state index in [0.29, 0.717) is 5.25 Å². The number of nitrogens with zero attached hydrogens (tertiary/aromatic N) is 2. The molecule has 90 valence electrons. The van der Waals surface area contributed by atoms with Crippen LogP contribution in [0.1, 0.15) is 12.8 Å². The fourth-order valence-corrected chi connectivity index (χ4v) is 3.56. The Balaban J connectivity index is 1.72. The number of halogens is 1. The van der Waals surface area contributed by atoms with Crippen LogP contribution < -0.4 is 0 Å². The van der Waals surface area contributed by atoms with Crippen molar-refractivity contribution in [3.63, 3.8) is 0 Å². The van der Waals surface area contributed by atoms with Crippen LogP contribution in [0, 0.1) is 0 Å². The third-order valence-corrected chi connectivity index (χ3v) is 5.08. The first-order chi connectivity index (χ1) is 8.31.